The highest BCUT2D eigenvalue weighted by atomic mass is 32.2. The van der Waals surface area contributed by atoms with E-state index in [4.69, 9.17) is 4.74 Å². The van der Waals surface area contributed by atoms with E-state index in [1.807, 2.05) is 12.1 Å². The number of carbonyl (C=O) groups is 1. The summed E-state index contributed by atoms with van der Waals surface area (Å²) in [6, 6.07) is 16.7. The highest BCUT2D eigenvalue weighted by Gasteiger charge is 2.15. The van der Waals surface area contributed by atoms with Gasteiger partial charge in [-0.2, -0.15) is 0 Å². The number of quaternary nitrogens is 1. The number of hydrogen-bond donors (Lipinski definition) is 2. The fraction of sp³-hybridized carbons (Fsp3) is 0.435. The Bertz CT molecular complexity index is 761. The van der Waals surface area contributed by atoms with Crippen LogP contribution in [0.3, 0.4) is 0 Å². The first-order chi connectivity index (χ1) is 13.4. The molecule has 1 aliphatic heterocycles. The van der Waals surface area contributed by atoms with Crippen LogP contribution in [0.1, 0.15) is 31.9 Å². The standard InChI is InChI=1S/C23H30N2O2S/c1-23(2,3)19-6-10-21(11-7-19)28-17-22(26)24-20-8-4-18(5-9-20)16-25-12-14-27-15-13-25/h4-11H,12-17H2,1-3H3,(H,24,26)/p+1. The summed E-state index contributed by atoms with van der Waals surface area (Å²) in [4.78, 5) is 14.9. The molecule has 1 aliphatic rings. The third-order valence-electron chi connectivity index (χ3n) is 4.98. The Hall–Kier alpha value is -1.82. The van der Waals surface area contributed by atoms with Gasteiger partial charge in [-0.1, -0.05) is 45.0 Å². The SMILES string of the molecule is CC(C)(C)c1ccc(SCC(=O)Nc2ccc(C[NH+]3CCOCC3)cc2)cc1. The lowest BCUT2D eigenvalue weighted by atomic mass is 9.87. The van der Waals surface area contributed by atoms with Crippen LogP contribution >= 0.6 is 11.8 Å². The van der Waals surface area contributed by atoms with E-state index in [1.54, 1.807) is 16.7 Å². The monoisotopic (exact) mass is 399 g/mol. The second-order valence-electron chi connectivity index (χ2n) is 8.35. The van der Waals surface area contributed by atoms with Crippen molar-refractivity contribution in [1.82, 2.24) is 0 Å². The highest BCUT2D eigenvalue weighted by Crippen LogP contribution is 2.25. The lowest BCUT2D eigenvalue weighted by Gasteiger charge is -2.23. The van der Waals surface area contributed by atoms with Crippen LogP contribution in [0.2, 0.25) is 0 Å². The van der Waals surface area contributed by atoms with Gasteiger partial charge in [0.15, 0.2) is 0 Å². The van der Waals surface area contributed by atoms with Gasteiger partial charge in [-0.25, -0.2) is 0 Å². The van der Waals surface area contributed by atoms with Crippen molar-refractivity contribution in [1.29, 1.82) is 0 Å². The molecule has 3 rings (SSSR count). The van der Waals surface area contributed by atoms with Crippen LogP contribution in [-0.4, -0.2) is 38.0 Å². The van der Waals surface area contributed by atoms with Crippen molar-refractivity contribution < 1.29 is 14.4 Å². The summed E-state index contributed by atoms with van der Waals surface area (Å²) in [7, 11) is 0. The Morgan fingerprint density at radius 3 is 2.29 bits per heavy atom. The molecule has 0 atom stereocenters. The van der Waals surface area contributed by atoms with Gasteiger partial charge < -0.3 is 15.0 Å². The first-order valence-electron chi connectivity index (χ1n) is 9.93. The van der Waals surface area contributed by atoms with E-state index < -0.39 is 0 Å². The van der Waals surface area contributed by atoms with Crippen LogP contribution < -0.4 is 10.2 Å². The largest absolute Gasteiger partial charge is 0.370 e. The minimum atomic E-state index is 0.0245. The zero-order valence-corrected chi connectivity index (χ0v) is 17.9. The Morgan fingerprint density at radius 2 is 1.68 bits per heavy atom. The topological polar surface area (TPSA) is 42.8 Å². The van der Waals surface area contributed by atoms with Crippen LogP contribution in [0.25, 0.3) is 0 Å². The summed E-state index contributed by atoms with van der Waals surface area (Å²) in [5.74, 6) is 0.436. The van der Waals surface area contributed by atoms with Gasteiger partial charge in [0.25, 0.3) is 0 Å². The number of anilines is 1. The summed E-state index contributed by atoms with van der Waals surface area (Å²) in [5, 5.41) is 2.99. The summed E-state index contributed by atoms with van der Waals surface area (Å²) in [6.45, 7) is 11.4. The molecule has 0 spiro atoms. The van der Waals surface area contributed by atoms with Crippen LogP contribution in [0.4, 0.5) is 5.69 Å². The molecule has 0 unspecified atom stereocenters. The van der Waals surface area contributed by atoms with Crippen LogP contribution in [0, 0.1) is 0 Å². The maximum absolute atomic E-state index is 12.3. The molecule has 0 saturated carbocycles. The summed E-state index contributed by atoms with van der Waals surface area (Å²) >= 11 is 1.57. The molecule has 0 bridgehead atoms. The second kappa shape index (κ2) is 9.59. The third kappa shape index (κ3) is 6.36. The van der Waals surface area contributed by atoms with Crippen molar-refractivity contribution in [2.75, 3.05) is 37.4 Å². The van der Waals surface area contributed by atoms with E-state index in [0.29, 0.717) is 5.75 Å². The van der Waals surface area contributed by atoms with E-state index in [9.17, 15) is 4.79 Å². The normalized spacial score (nSPS) is 15.4. The molecule has 0 aliphatic carbocycles. The van der Waals surface area contributed by atoms with Crippen molar-refractivity contribution in [3.63, 3.8) is 0 Å². The lowest BCUT2D eigenvalue weighted by Crippen LogP contribution is -3.12. The van der Waals surface area contributed by atoms with Crippen molar-refractivity contribution in [2.24, 2.45) is 0 Å². The van der Waals surface area contributed by atoms with Gasteiger partial charge in [-0.3, -0.25) is 4.79 Å². The molecule has 1 saturated heterocycles. The number of carbonyl (C=O) groups excluding carboxylic acids is 1. The molecule has 5 heteroatoms. The molecule has 150 valence electrons. The van der Waals surface area contributed by atoms with Gasteiger partial charge in [0.05, 0.1) is 19.0 Å². The number of nitrogens with one attached hydrogen (secondary N) is 2. The predicted molar refractivity (Wildman–Crippen MR) is 116 cm³/mol. The summed E-state index contributed by atoms with van der Waals surface area (Å²) < 4.78 is 5.41. The van der Waals surface area contributed by atoms with Crippen LogP contribution in [-0.2, 0) is 21.5 Å². The number of thioether (sulfide) groups is 1. The molecule has 0 radical (unpaired) electrons. The van der Waals surface area contributed by atoms with Gasteiger partial charge in [0.2, 0.25) is 5.91 Å². The Balaban J connectivity index is 1.45. The fourth-order valence-corrected chi connectivity index (χ4v) is 3.93. The molecule has 0 aromatic heterocycles. The average molecular weight is 400 g/mol. The number of benzene rings is 2. The molecular formula is C23H31N2O2S+. The van der Waals surface area contributed by atoms with E-state index >= 15 is 0 Å². The maximum atomic E-state index is 12.3. The zero-order chi connectivity index (χ0) is 20.0. The average Bonchev–Trinajstić information content (AvgIpc) is 2.68. The summed E-state index contributed by atoms with van der Waals surface area (Å²) in [6.07, 6.45) is 0. The zero-order valence-electron chi connectivity index (χ0n) is 17.1. The van der Waals surface area contributed by atoms with Crippen LogP contribution in [0.15, 0.2) is 53.4 Å². The Labute approximate surface area is 172 Å². The van der Waals surface area contributed by atoms with Gasteiger partial charge in [-0.15, -0.1) is 11.8 Å². The van der Waals surface area contributed by atoms with Crippen molar-refractivity contribution in [3.8, 4) is 0 Å². The second-order valence-corrected chi connectivity index (χ2v) is 9.40. The number of rotatable bonds is 6. The molecule has 4 nitrogen and oxygen atoms in total. The number of hydrogen-bond acceptors (Lipinski definition) is 3. The Morgan fingerprint density at radius 1 is 1.04 bits per heavy atom. The third-order valence-corrected chi connectivity index (χ3v) is 5.99. The van der Waals surface area contributed by atoms with Gasteiger partial charge in [-0.05, 0) is 35.2 Å². The lowest BCUT2D eigenvalue weighted by molar-refractivity contribution is -0.921. The molecule has 28 heavy (non-hydrogen) atoms. The first kappa shape index (κ1) is 20.9. The predicted octanol–water partition coefficient (Wildman–Crippen LogP) is 3.13. The highest BCUT2D eigenvalue weighted by molar-refractivity contribution is 8.00. The fourth-order valence-electron chi connectivity index (χ4n) is 3.23. The first-order valence-corrected chi connectivity index (χ1v) is 10.9. The van der Waals surface area contributed by atoms with Crippen molar-refractivity contribution in [2.45, 2.75) is 37.6 Å². The van der Waals surface area contributed by atoms with Crippen molar-refractivity contribution in [3.05, 3.63) is 59.7 Å². The van der Waals surface area contributed by atoms with E-state index in [2.05, 4.69) is 62.5 Å². The molecule has 2 N–H and O–H groups in total. The Kier molecular flexibility index (Phi) is 7.16. The smallest absolute Gasteiger partial charge is 0.234 e. The van der Waals surface area contributed by atoms with Gasteiger partial charge >= 0.3 is 0 Å². The molecular weight excluding hydrogens is 368 g/mol. The quantitative estimate of drug-likeness (QED) is 0.734. The molecule has 2 aromatic rings. The minimum absolute atomic E-state index is 0.0245. The number of morpholine rings is 1. The van der Waals surface area contributed by atoms with Crippen molar-refractivity contribution >= 4 is 23.4 Å². The van der Waals surface area contributed by atoms with E-state index in [1.165, 1.54) is 11.1 Å². The number of amides is 1. The maximum Gasteiger partial charge on any atom is 0.234 e. The van der Waals surface area contributed by atoms with Crippen LogP contribution in [0.5, 0.6) is 0 Å². The van der Waals surface area contributed by atoms with E-state index in [0.717, 1.165) is 43.4 Å². The van der Waals surface area contributed by atoms with Gasteiger partial charge in [0.1, 0.15) is 19.6 Å². The number of ether oxygens (including phenoxy) is 1. The van der Waals surface area contributed by atoms with Gasteiger partial charge in [0, 0.05) is 16.1 Å². The molecule has 1 amide bonds. The molecule has 2 aromatic carbocycles. The molecule has 1 heterocycles. The molecule has 1 fully saturated rings. The summed E-state index contributed by atoms with van der Waals surface area (Å²) in [5.41, 5.74) is 3.61. The minimum Gasteiger partial charge on any atom is -0.370 e. The van der Waals surface area contributed by atoms with E-state index in [-0.39, 0.29) is 11.3 Å².